The highest BCUT2D eigenvalue weighted by Gasteiger charge is 2.33. The fraction of sp³-hybridized carbons (Fsp3) is 0.333. The van der Waals surface area contributed by atoms with Crippen molar-refractivity contribution in [2.75, 3.05) is 11.9 Å². The Kier molecular flexibility index (Phi) is 5.30. The van der Waals surface area contributed by atoms with E-state index in [0.29, 0.717) is 19.0 Å². The minimum Gasteiger partial charge on any atom is -0.381 e. The Morgan fingerprint density at radius 1 is 1.26 bits per heavy atom. The maximum absolute atomic E-state index is 12.7. The third-order valence-corrected chi connectivity index (χ3v) is 8.14. The van der Waals surface area contributed by atoms with Gasteiger partial charge in [0.25, 0.3) is 5.91 Å². The van der Waals surface area contributed by atoms with E-state index in [2.05, 4.69) is 35.2 Å². The van der Waals surface area contributed by atoms with Crippen LogP contribution in [-0.2, 0) is 11.3 Å². The molecule has 2 aliphatic rings. The molecule has 4 heterocycles. The Hall–Kier alpha value is -3.36. The molecule has 1 aliphatic carbocycles. The van der Waals surface area contributed by atoms with E-state index in [-0.39, 0.29) is 17.6 Å². The lowest BCUT2D eigenvalue weighted by molar-refractivity contribution is -0.0950. The average Bonchev–Trinajstić information content (AvgIpc) is 3.17. The molecule has 1 aliphatic heterocycles. The second-order valence-corrected chi connectivity index (χ2v) is 10.7. The normalized spacial score (nSPS) is 18.9. The van der Waals surface area contributed by atoms with Crippen molar-refractivity contribution in [3.8, 4) is 11.4 Å². The number of hydrogen-bond acceptors (Lipinski definition) is 7. The number of fused-ring (bicyclic) bond motifs is 5. The van der Waals surface area contributed by atoms with Crippen LogP contribution < -0.4 is 10.6 Å². The number of carbonyl (C=O) groups excluding carboxylic acids is 1. The van der Waals surface area contributed by atoms with Crippen LogP contribution >= 0.6 is 11.3 Å². The van der Waals surface area contributed by atoms with Gasteiger partial charge in [-0.05, 0) is 63.5 Å². The van der Waals surface area contributed by atoms with Gasteiger partial charge in [0.15, 0.2) is 5.82 Å². The Morgan fingerprint density at radius 3 is 2.89 bits per heavy atom. The molecule has 4 aromatic rings. The first-order chi connectivity index (χ1) is 16.9. The van der Waals surface area contributed by atoms with Crippen LogP contribution in [0.5, 0.6) is 0 Å². The number of anilines is 1. The van der Waals surface area contributed by atoms with E-state index in [1.54, 1.807) is 6.08 Å². The van der Waals surface area contributed by atoms with Crippen LogP contribution in [0, 0.1) is 0 Å². The van der Waals surface area contributed by atoms with Crippen molar-refractivity contribution in [3.63, 3.8) is 0 Å². The molecule has 7 nitrogen and oxygen atoms in total. The molecule has 1 atom stereocenters. The molecular formula is C27H27N5O2S. The number of benzene rings is 1. The molecule has 0 unspecified atom stereocenters. The highest BCUT2D eigenvalue weighted by atomic mass is 32.1. The number of pyridine rings is 1. The van der Waals surface area contributed by atoms with Gasteiger partial charge in [-0.2, -0.15) is 0 Å². The van der Waals surface area contributed by atoms with Crippen molar-refractivity contribution in [2.24, 2.45) is 0 Å². The second-order valence-electron chi connectivity index (χ2n) is 9.66. The number of nitrogens with one attached hydrogen (secondary N) is 2. The highest BCUT2D eigenvalue weighted by Crippen LogP contribution is 2.41. The molecule has 1 amide bonds. The van der Waals surface area contributed by atoms with Gasteiger partial charge in [-0.25, -0.2) is 15.0 Å². The number of ether oxygens (including phenoxy) is 1. The van der Waals surface area contributed by atoms with Gasteiger partial charge in [0, 0.05) is 39.8 Å². The van der Waals surface area contributed by atoms with E-state index in [0.717, 1.165) is 61.3 Å². The van der Waals surface area contributed by atoms with Crippen molar-refractivity contribution in [1.29, 1.82) is 0 Å². The quantitative estimate of drug-likeness (QED) is 0.385. The van der Waals surface area contributed by atoms with Crippen LogP contribution in [0.3, 0.4) is 0 Å². The zero-order valence-corrected chi connectivity index (χ0v) is 20.7. The molecule has 2 N–H and O–H groups in total. The van der Waals surface area contributed by atoms with E-state index in [9.17, 15) is 4.79 Å². The summed E-state index contributed by atoms with van der Waals surface area (Å²) in [6.45, 7) is 9.11. The van der Waals surface area contributed by atoms with Crippen LogP contribution in [0.2, 0.25) is 0 Å². The summed E-state index contributed by atoms with van der Waals surface area (Å²) in [5.74, 6) is 0.530. The van der Waals surface area contributed by atoms with Gasteiger partial charge in [0.1, 0.15) is 4.88 Å². The standard InChI is InChI=1S/C27H27N5O2S/c1-4-21-28-13-16(14-34-27(3)10-5-11-27)23(32-21)19-7-6-17-18(31-19)8-9-20-22(17)24-25(35-20)26(33)30-15(2)12-29-24/h4,6-9,13,15,29H,1,5,10-12,14H2,2-3H3,(H,30,33)/t15-/m1/s1. The molecular weight excluding hydrogens is 458 g/mol. The lowest BCUT2D eigenvalue weighted by Crippen LogP contribution is -2.36. The maximum Gasteiger partial charge on any atom is 0.263 e. The number of aromatic nitrogens is 3. The van der Waals surface area contributed by atoms with Crippen LogP contribution in [0.15, 0.2) is 37.0 Å². The van der Waals surface area contributed by atoms with Gasteiger partial charge in [-0.1, -0.05) is 6.58 Å². The maximum atomic E-state index is 12.7. The summed E-state index contributed by atoms with van der Waals surface area (Å²) < 4.78 is 7.30. The van der Waals surface area contributed by atoms with E-state index in [1.165, 1.54) is 17.8 Å². The molecule has 0 radical (unpaired) electrons. The molecule has 6 rings (SSSR count). The minimum absolute atomic E-state index is 0.0285. The van der Waals surface area contributed by atoms with E-state index >= 15 is 0 Å². The second kappa shape index (κ2) is 8.39. The van der Waals surface area contributed by atoms with Crippen LogP contribution in [0.25, 0.3) is 38.5 Å². The number of rotatable bonds is 5. The van der Waals surface area contributed by atoms with Crippen LogP contribution in [0.1, 0.15) is 54.2 Å². The molecule has 8 heteroatoms. The van der Waals surface area contributed by atoms with Crippen molar-refractivity contribution >= 4 is 50.0 Å². The lowest BCUT2D eigenvalue weighted by atomic mass is 9.82. The van der Waals surface area contributed by atoms with Gasteiger partial charge < -0.3 is 15.4 Å². The summed E-state index contributed by atoms with van der Waals surface area (Å²) >= 11 is 1.51. The minimum atomic E-state index is -0.0651. The molecule has 178 valence electrons. The third kappa shape index (κ3) is 3.86. The topological polar surface area (TPSA) is 89.0 Å². The van der Waals surface area contributed by atoms with Crippen LogP contribution in [-0.4, -0.2) is 39.0 Å². The summed E-state index contributed by atoms with van der Waals surface area (Å²) in [6.07, 6.45) is 6.82. The van der Waals surface area contributed by atoms with Crippen LogP contribution in [0.4, 0.5) is 5.69 Å². The van der Waals surface area contributed by atoms with Gasteiger partial charge in [-0.3, -0.25) is 4.79 Å². The highest BCUT2D eigenvalue weighted by molar-refractivity contribution is 7.21. The first-order valence-electron chi connectivity index (χ1n) is 12.0. The predicted octanol–water partition coefficient (Wildman–Crippen LogP) is 5.55. The summed E-state index contributed by atoms with van der Waals surface area (Å²) in [6, 6.07) is 8.20. The largest absolute Gasteiger partial charge is 0.381 e. The molecule has 0 saturated heterocycles. The monoisotopic (exact) mass is 485 g/mol. The Labute approximate surface area is 207 Å². The SMILES string of the molecule is C=Cc1ncc(COC2(C)CCC2)c(-c2ccc3c(ccc4sc5c(c43)NC[C@@H](C)NC5=O)n2)n1. The molecule has 1 fully saturated rings. The van der Waals surface area contributed by atoms with E-state index in [1.807, 2.05) is 31.3 Å². The molecule has 3 aromatic heterocycles. The summed E-state index contributed by atoms with van der Waals surface area (Å²) in [4.78, 5) is 27.6. The zero-order valence-electron chi connectivity index (χ0n) is 19.9. The number of hydrogen-bond donors (Lipinski definition) is 2. The van der Waals surface area contributed by atoms with Gasteiger partial charge >= 0.3 is 0 Å². The fourth-order valence-corrected chi connectivity index (χ4v) is 5.87. The third-order valence-electron chi connectivity index (χ3n) is 6.99. The number of amides is 1. The first-order valence-corrected chi connectivity index (χ1v) is 12.8. The summed E-state index contributed by atoms with van der Waals surface area (Å²) in [7, 11) is 0. The van der Waals surface area contributed by atoms with Gasteiger partial charge in [-0.15, -0.1) is 11.3 Å². The smallest absolute Gasteiger partial charge is 0.263 e. The Morgan fingerprint density at radius 2 is 2.11 bits per heavy atom. The lowest BCUT2D eigenvalue weighted by Gasteiger charge is -2.38. The van der Waals surface area contributed by atoms with Crippen molar-refractivity contribution < 1.29 is 9.53 Å². The molecule has 1 saturated carbocycles. The Bertz CT molecular complexity index is 1490. The van der Waals surface area contributed by atoms with E-state index in [4.69, 9.17) is 14.7 Å². The van der Waals surface area contributed by atoms with Crippen molar-refractivity contribution in [2.45, 2.75) is 51.4 Å². The summed E-state index contributed by atoms with van der Waals surface area (Å²) in [5.41, 5.74) is 4.12. The summed E-state index contributed by atoms with van der Waals surface area (Å²) in [5, 5.41) is 8.58. The zero-order chi connectivity index (χ0) is 24.2. The number of carbonyl (C=O) groups is 1. The van der Waals surface area contributed by atoms with Crippen molar-refractivity contribution in [3.05, 3.63) is 53.3 Å². The molecule has 35 heavy (non-hydrogen) atoms. The molecule has 0 bridgehead atoms. The fourth-order valence-electron chi connectivity index (χ4n) is 4.77. The van der Waals surface area contributed by atoms with E-state index < -0.39 is 0 Å². The van der Waals surface area contributed by atoms with Gasteiger partial charge in [0.05, 0.1) is 34.8 Å². The average molecular weight is 486 g/mol. The first kappa shape index (κ1) is 22.1. The van der Waals surface area contributed by atoms with Gasteiger partial charge in [0.2, 0.25) is 0 Å². The Balaban J connectivity index is 1.44. The number of thiophene rings is 1. The predicted molar refractivity (Wildman–Crippen MR) is 141 cm³/mol. The molecule has 1 aromatic carbocycles. The van der Waals surface area contributed by atoms with Crippen molar-refractivity contribution in [1.82, 2.24) is 20.3 Å². The molecule has 0 spiro atoms. The number of nitrogens with zero attached hydrogens (tertiary/aromatic N) is 3.